The topological polar surface area (TPSA) is 38.3 Å². The second kappa shape index (κ2) is 3.54. The van der Waals surface area contributed by atoms with Crippen LogP contribution >= 0.6 is 0 Å². The van der Waals surface area contributed by atoms with Gasteiger partial charge in [-0.3, -0.25) is 4.79 Å². The lowest BCUT2D eigenvalue weighted by Crippen LogP contribution is -2.46. The van der Waals surface area contributed by atoms with Crippen LogP contribution in [-0.4, -0.2) is 31.6 Å². The number of hydrogen-bond acceptors (Lipinski definition) is 3. The Morgan fingerprint density at radius 1 is 1.33 bits per heavy atom. The Morgan fingerprint density at radius 3 is 3.08 bits per heavy atom. The van der Waals surface area contributed by atoms with Crippen LogP contribution in [0.2, 0.25) is 0 Å². The van der Waals surface area contributed by atoms with E-state index in [9.17, 15) is 4.79 Å². The molecule has 0 amide bonds. The van der Waals surface area contributed by atoms with Crippen LogP contribution in [0.5, 0.6) is 0 Å². The van der Waals surface area contributed by atoms with Crippen molar-refractivity contribution < 1.29 is 9.53 Å². The zero-order chi connectivity index (χ0) is 8.39. The number of rotatable bonds is 0. The van der Waals surface area contributed by atoms with E-state index in [4.69, 9.17) is 4.74 Å². The average molecular weight is 169 g/mol. The number of hydrogen-bond donors (Lipinski definition) is 1. The molecule has 2 fully saturated rings. The molecule has 12 heavy (non-hydrogen) atoms. The molecule has 0 saturated carbocycles. The van der Waals surface area contributed by atoms with Crippen LogP contribution in [-0.2, 0) is 9.53 Å². The third-order valence-corrected chi connectivity index (χ3v) is 2.82. The SMILES string of the molecule is O=C1CCNC2CCOCCC12. The summed E-state index contributed by atoms with van der Waals surface area (Å²) >= 11 is 0. The maximum absolute atomic E-state index is 11.5. The van der Waals surface area contributed by atoms with Crippen molar-refractivity contribution in [1.82, 2.24) is 5.32 Å². The van der Waals surface area contributed by atoms with E-state index in [0.717, 1.165) is 32.6 Å². The molecule has 0 bridgehead atoms. The molecule has 2 unspecified atom stereocenters. The molecule has 2 aliphatic rings. The van der Waals surface area contributed by atoms with Crippen molar-refractivity contribution >= 4 is 5.78 Å². The van der Waals surface area contributed by atoms with E-state index in [1.54, 1.807) is 0 Å². The summed E-state index contributed by atoms with van der Waals surface area (Å²) in [5.41, 5.74) is 0. The average Bonchev–Trinajstić information content (AvgIpc) is 2.30. The fraction of sp³-hybridized carbons (Fsp3) is 0.889. The lowest BCUT2D eigenvalue weighted by Gasteiger charge is -2.29. The first kappa shape index (κ1) is 8.20. The van der Waals surface area contributed by atoms with Crippen molar-refractivity contribution in [2.24, 2.45) is 5.92 Å². The van der Waals surface area contributed by atoms with Crippen LogP contribution in [0.1, 0.15) is 19.3 Å². The van der Waals surface area contributed by atoms with Gasteiger partial charge in [0.05, 0.1) is 0 Å². The first-order valence-electron chi connectivity index (χ1n) is 4.72. The number of piperidine rings is 1. The summed E-state index contributed by atoms with van der Waals surface area (Å²) in [6.45, 7) is 2.43. The molecule has 3 nitrogen and oxygen atoms in total. The summed E-state index contributed by atoms with van der Waals surface area (Å²) in [4.78, 5) is 11.5. The maximum Gasteiger partial charge on any atom is 0.138 e. The number of Topliss-reactive ketones (excluding diaryl/α,β-unsaturated/α-hetero) is 1. The number of ether oxygens (including phenoxy) is 1. The molecule has 68 valence electrons. The number of nitrogens with one attached hydrogen (secondary N) is 1. The van der Waals surface area contributed by atoms with E-state index >= 15 is 0 Å². The zero-order valence-corrected chi connectivity index (χ0v) is 7.21. The second-order valence-corrected chi connectivity index (χ2v) is 3.57. The minimum atomic E-state index is 0.237. The molecule has 2 atom stereocenters. The molecule has 0 aliphatic carbocycles. The highest BCUT2D eigenvalue weighted by atomic mass is 16.5. The fourth-order valence-electron chi connectivity index (χ4n) is 2.12. The third kappa shape index (κ3) is 1.52. The molecular weight excluding hydrogens is 154 g/mol. The van der Waals surface area contributed by atoms with E-state index < -0.39 is 0 Å². The van der Waals surface area contributed by atoms with E-state index in [0.29, 0.717) is 18.2 Å². The van der Waals surface area contributed by atoms with Gasteiger partial charge in [-0.2, -0.15) is 0 Å². The van der Waals surface area contributed by atoms with E-state index in [-0.39, 0.29) is 5.92 Å². The standard InChI is InChI=1S/C9H15NO2/c11-9-1-4-10-8-3-6-12-5-2-7(8)9/h7-8,10H,1-6H2. The molecule has 0 aromatic rings. The molecule has 2 saturated heterocycles. The third-order valence-electron chi connectivity index (χ3n) is 2.82. The molecular formula is C9H15NO2. The zero-order valence-electron chi connectivity index (χ0n) is 7.21. The largest absolute Gasteiger partial charge is 0.381 e. The van der Waals surface area contributed by atoms with Crippen molar-refractivity contribution in [3.05, 3.63) is 0 Å². The van der Waals surface area contributed by atoms with Gasteiger partial charge in [-0.15, -0.1) is 0 Å². The Bertz CT molecular complexity index is 181. The summed E-state index contributed by atoms with van der Waals surface area (Å²) in [5, 5.41) is 3.39. The fourth-order valence-corrected chi connectivity index (χ4v) is 2.12. The molecule has 1 N–H and O–H groups in total. The van der Waals surface area contributed by atoms with Gasteiger partial charge >= 0.3 is 0 Å². The van der Waals surface area contributed by atoms with E-state index in [2.05, 4.69) is 5.32 Å². The van der Waals surface area contributed by atoms with Gasteiger partial charge in [-0.25, -0.2) is 0 Å². The summed E-state index contributed by atoms with van der Waals surface area (Å²) in [6, 6.07) is 0.397. The van der Waals surface area contributed by atoms with Gasteiger partial charge in [0.1, 0.15) is 5.78 Å². The Balaban J connectivity index is 2.05. The highest BCUT2D eigenvalue weighted by molar-refractivity contribution is 5.82. The van der Waals surface area contributed by atoms with E-state index in [1.807, 2.05) is 0 Å². The number of carbonyl (C=O) groups excluding carboxylic acids is 1. The summed E-state index contributed by atoms with van der Waals surface area (Å²) in [6.07, 6.45) is 2.62. The molecule has 0 spiro atoms. The van der Waals surface area contributed by atoms with Gasteiger partial charge in [0.15, 0.2) is 0 Å². The lowest BCUT2D eigenvalue weighted by atomic mass is 9.86. The molecule has 0 radical (unpaired) electrons. The van der Waals surface area contributed by atoms with Crippen LogP contribution in [0.15, 0.2) is 0 Å². The smallest absolute Gasteiger partial charge is 0.138 e. The molecule has 2 aliphatic heterocycles. The Hall–Kier alpha value is -0.410. The molecule has 2 rings (SSSR count). The molecule has 0 aromatic heterocycles. The predicted molar refractivity (Wildman–Crippen MR) is 45.0 cm³/mol. The Morgan fingerprint density at radius 2 is 2.17 bits per heavy atom. The van der Waals surface area contributed by atoms with Crippen LogP contribution in [0.4, 0.5) is 0 Å². The minimum Gasteiger partial charge on any atom is -0.381 e. The van der Waals surface area contributed by atoms with Gasteiger partial charge in [0, 0.05) is 38.1 Å². The quantitative estimate of drug-likeness (QED) is 0.568. The first-order chi connectivity index (χ1) is 5.88. The maximum atomic E-state index is 11.5. The molecule has 2 heterocycles. The van der Waals surface area contributed by atoms with Crippen LogP contribution in [0.3, 0.4) is 0 Å². The minimum absolute atomic E-state index is 0.237. The lowest BCUT2D eigenvalue weighted by molar-refractivity contribution is -0.125. The van der Waals surface area contributed by atoms with Crippen molar-refractivity contribution in [2.45, 2.75) is 25.3 Å². The van der Waals surface area contributed by atoms with Crippen LogP contribution in [0.25, 0.3) is 0 Å². The van der Waals surface area contributed by atoms with Gasteiger partial charge in [-0.1, -0.05) is 0 Å². The first-order valence-corrected chi connectivity index (χ1v) is 4.72. The predicted octanol–water partition coefficient (Wildman–Crippen LogP) is 0.344. The monoisotopic (exact) mass is 169 g/mol. The molecule has 0 aromatic carbocycles. The Labute approximate surface area is 72.5 Å². The van der Waals surface area contributed by atoms with Crippen molar-refractivity contribution in [3.8, 4) is 0 Å². The molecule has 3 heteroatoms. The van der Waals surface area contributed by atoms with Gasteiger partial charge in [-0.05, 0) is 12.8 Å². The summed E-state index contributed by atoms with van der Waals surface area (Å²) in [5.74, 6) is 0.672. The van der Waals surface area contributed by atoms with Gasteiger partial charge in [0.25, 0.3) is 0 Å². The van der Waals surface area contributed by atoms with Crippen molar-refractivity contribution in [2.75, 3.05) is 19.8 Å². The number of carbonyl (C=O) groups is 1. The summed E-state index contributed by atoms with van der Waals surface area (Å²) in [7, 11) is 0. The normalized spacial score (nSPS) is 37.2. The van der Waals surface area contributed by atoms with Gasteiger partial charge in [0.2, 0.25) is 0 Å². The van der Waals surface area contributed by atoms with Crippen molar-refractivity contribution in [3.63, 3.8) is 0 Å². The van der Waals surface area contributed by atoms with Gasteiger partial charge < -0.3 is 10.1 Å². The number of fused-ring (bicyclic) bond motifs is 1. The van der Waals surface area contributed by atoms with Crippen LogP contribution < -0.4 is 5.32 Å². The Kier molecular flexibility index (Phi) is 2.42. The summed E-state index contributed by atoms with van der Waals surface area (Å²) < 4.78 is 5.34. The van der Waals surface area contributed by atoms with Crippen LogP contribution in [0, 0.1) is 5.92 Å². The van der Waals surface area contributed by atoms with E-state index in [1.165, 1.54) is 0 Å². The highest BCUT2D eigenvalue weighted by Crippen LogP contribution is 2.21. The van der Waals surface area contributed by atoms with Crippen molar-refractivity contribution in [1.29, 1.82) is 0 Å². The number of ketones is 1. The second-order valence-electron chi connectivity index (χ2n) is 3.57. The highest BCUT2D eigenvalue weighted by Gasteiger charge is 2.32.